The van der Waals surface area contributed by atoms with Crippen molar-refractivity contribution in [3.63, 3.8) is 0 Å². The summed E-state index contributed by atoms with van der Waals surface area (Å²) in [6.45, 7) is 2.43. The highest BCUT2D eigenvalue weighted by Crippen LogP contribution is 2.31. The number of para-hydroxylation sites is 1. The highest BCUT2D eigenvalue weighted by atomic mass is 16.5. The van der Waals surface area contributed by atoms with Crippen molar-refractivity contribution in [1.29, 1.82) is 0 Å². The second-order valence-corrected chi connectivity index (χ2v) is 5.82. The van der Waals surface area contributed by atoms with Gasteiger partial charge in [0, 0.05) is 13.6 Å². The van der Waals surface area contributed by atoms with Crippen LogP contribution in [0.1, 0.15) is 29.0 Å². The Bertz CT molecular complexity index is 774. The average Bonchev–Trinajstić information content (AvgIpc) is 2.64. The number of benzene rings is 2. The van der Waals surface area contributed by atoms with Gasteiger partial charge in [0.1, 0.15) is 11.9 Å². The van der Waals surface area contributed by atoms with Crippen LogP contribution in [0.15, 0.2) is 48.5 Å². The van der Waals surface area contributed by atoms with Gasteiger partial charge in [0.05, 0.1) is 11.3 Å². The minimum absolute atomic E-state index is 0.0133. The summed E-state index contributed by atoms with van der Waals surface area (Å²) in [4.78, 5) is 25.8. The van der Waals surface area contributed by atoms with Crippen molar-refractivity contribution in [2.45, 2.75) is 13.1 Å². The molecule has 0 fully saturated rings. The maximum atomic E-state index is 12.3. The van der Waals surface area contributed by atoms with Gasteiger partial charge in [-0.3, -0.25) is 9.59 Å². The second kappa shape index (κ2) is 7.25. The molecule has 6 heteroatoms. The Morgan fingerprint density at radius 3 is 2.64 bits per heavy atom. The van der Waals surface area contributed by atoms with E-state index in [1.807, 2.05) is 55.3 Å². The third kappa shape index (κ3) is 3.57. The fourth-order valence-corrected chi connectivity index (χ4v) is 2.86. The van der Waals surface area contributed by atoms with Crippen LogP contribution < -0.4 is 20.3 Å². The van der Waals surface area contributed by atoms with Gasteiger partial charge < -0.3 is 20.3 Å². The molecule has 1 aliphatic heterocycles. The van der Waals surface area contributed by atoms with Gasteiger partial charge in [0.25, 0.3) is 11.8 Å². The van der Waals surface area contributed by atoms with Crippen LogP contribution in [0.2, 0.25) is 0 Å². The van der Waals surface area contributed by atoms with Gasteiger partial charge in [-0.05, 0) is 36.8 Å². The van der Waals surface area contributed by atoms with Crippen LogP contribution in [0.4, 0.5) is 5.69 Å². The van der Waals surface area contributed by atoms with E-state index in [2.05, 4.69) is 10.6 Å². The summed E-state index contributed by atoms with van der Waals surface area (Å²) in [5.74, 6) is 0.373. The number of nitrogens with zero attached hydrogens (tertiary/aromatic N) is 1. The lowest BCUT2D eigenvalue weighted by molar-refractivity contribution is -0.122. The fraction of sp³-hybridized carbons (Fsp3) is 0.263. The summed E-state index contributed by atoms with van der Waals surface area (Å²) < 4.78 is 5.45. The molecule has 1 heterocycles. The summed E-state index contributed by atoms with van der Waals surface area (Å²) >= 11 is 0. The second-order valence-electron chi connectivity index (χ2n) is 5.82. The predicted octanol–water partition coefficient (Wildman–Crippen LogP) is 2.08. The molecule has 2 amide bonds. The third-order valence-corrected chi connectivity index (χ3v) is 4.12. The van der Waals surface area contributed by atoms with Crippen LogP contribution in [0.3, 0.4) is 0 Å². The lowest BCUT2D eigenvalue weighted by Gasteiger charge is -2.36. The first-order valence-corrected chi connectivity index (χ1v) is 8.22. The van der Waals surface area contributed by atoms with E-state index in [1.165, 1.54) is 0 Å². The molecule has 0 saturated carbocycles. The first-order chi connectivity index (χ1) is 12.1. The lowest BCUT2D eigenvalue weighted by Crippen LogP contribution is -2.44. The third-order valence-electron chi connectivity index (χ3n) is 4.12. The molecule has 2 aromatic rings. The van der Waals surface area contributed by atoms with Crippen LogP contribution in [0.5, 0.6) is 5.75 Å². The summed E-state index contributed by atoms with van der Waals surface area (Å²) in [5.41, 5.74) is 2.51. The number of rotatable bonds is 5. The Morgan fingerprint density at radius 1 is 1.20 bits per heavy atom. The van der Waals surface area contributed by atoms with Gasteiger partial charge in [0.2, 0.25) is 0 Å². The summed E-state index contributed by atoms with van der Waals surface area (Å²) in [6, 6.07) is 14.9. The van der Waals surface area contributed by atoms with Crippen LogP contribution in [-0.2, 0) is 4.79 Å². The minimum Gasteiger partial charge on any atom is -0.484 e. The fourth-order valence-electron chi connectivity index (χ4n) is 2.86. The van der Waals surface area contributed by atoms with Crippen molar-refractivity contribution in [2.24, 2.45) is 0 Å². The Hall–Kier alpha value is -3.02. The number of likely N-dealkylation sites (N-methyl/N-ethyl adjacent to an activating group) is 1. The van der Waals surface area contributed by atoms with Crippen molar-refractivity contribution >= 4 is 17.5 Å². The molecule has 1 aliphatic rings. The van der Waals surface area contributed by atoms with E-state index >= 15 is 0 Å². The van der Waals surface area contributed by atoms with Gasteiger partial charge in [-0.15, -0.1) is 0 Å². The van der Waals surface area contributed by atoms with E-state index in [0.29, 0.717) is 17.9 Å². The molecule has 25 heavy (non-hydrogen) atoms. The number of fused-ring (bicyclic) bond motifs is 1. The maximum absolute atomic E-state index is 12.3. The molecule has 1 unspecified atom stereocenters. The van der Waals surface area contributed by atoms with Crippen LogP contribution in [-0.4, -0.2) is 32.0 Å². The highest BCUT2D eigenvalue weighted by molar-refractivity contribution is 6.01. The number of hydrogen-bond donors (Lipinski definition) is 2. The zero-order chi connectivity index (χ0) is 17.8. The largest absolute Gasteiger partial charge is 0.484 e. The van der Waals surface area contributed by atoms with Gasteiger partial charge in [0.15, 0.2) is 6.61 Å². The molecule has 0 aromatic heterocycles. The molecule has 6 nitrogen and oxygen atoms in total. The monoisotopic (exact) mass is 339 g/mol. The van der Waals surface area contributed by atoms with E-state index in [1.54, 1.807) is 12.1 Å². The maximum Gasteiger partial charge on any atom is 0.257 e. The average molecular weight is 339 g/mol. The van der Waals surface area contributed by atoms with Crippen LogP contribution >= 0.6 is 0 Å². The molecule has 1 atom stereocenters. The highest BCUT2D eigenvalue weighted by Gasteiger charge is 2.28. The molecule has 0 spiro atoms. The van der Waals surface area contributed by atoms with Crippen molar-refractivity contribution < 1.29 is 14.3 Å². The van der Waals surface area contributed by atoms with Gasteiger partial charge >= 0.3 is 0 Å². The molecular formula is C19H21N3O3. The van der Waals surface area contributed by atoms with Gasteiger partial charge in [-0.1, -0.05) is 24.3 Å². The number of carbonyl (C=O) groups is 2. The quantitative estimate of drug-likeness (QED) is 0.875. The molecular weight excluding hydrogens is 318 g/mol. The Balaban J connectivity index is 1.72. The number of amides is 2. The van der Waals surface area contributed by atoms with Crippen molar-refractivity contribution in [3.05, 3.63) is 59.7 Å². The first-order valence-electron chi connectivity index (χ1n) is 8.22. The zero-order valence-corrected chi connectivity index (χ0v) is 14.3. The smallest absolute Gasteiger partial charge is 0.257 e. The normalized spacial score (nSPS) is 16.0. The number of ether oxygens (including phenoxy) is 1. The van der Waals surface area contributed by atoms with Gasteiger partial charge in [-0.25, -0.2) is 0 Å². The van der Waals surface area contributed by atoms with Crippen molar-refractivity contribution in [3.8, 4) is 5.75 Å². The van der Waals surface area contributed by atoms with E-state index in [-0.39, 0.29) is 24.6 Å². The zero-order valence-electron chi connectivity index (χ0n) is 14.3. The molecule has 2 aromatic carbocycles. The molecule has 3 rings (SSSR count). The SMILES string of the molecule is CCNC(=O)COc1ccc(C2NC(=O)c3ccccc3N2C)cc1. The van der Waals surface area contributed by atoms with E-state index < -0.39 is 0 Å². The number of nitrogens with one attached hydrogen (secondary N) is 2. The molecule has 0 bridgehead atoms. The Labute approximate surface area is 146 Å². The van der Waals surface area contributed by atoms with Crippen molar-refractivity contribution in [2.75, 3.05) is 25.1 Å². The Kier molecular flexibility index (Phi) is 4.88. The minimum atomic E-state index is -0.250. The molecule has 0 saturated heterocycles. The lowest BCUT2D eigenvalue weighted by atomic mass is 10.0. The number of carbonyl (C=O) groups excluding carboxylic acids is 2. The van der Waals surface area contributed by atoms with Crippen molar-refractivity contribution in [1.82, 2.24) is 10.6 Å². The Morgan fingerprint density at radius 2 is 1.92 bits per heavy atom. The molecule has 0 aliphatic carbocycles. The topological polar surface area (TPSA) is 70.7 Å². The van der Waals surface area contributed by atoms with Gasteiger partial charge in [-0.2, -0.15) is 0 Å². The van der Waals surface area contributed by atoms with Crippen LogP contribution in [0, 0.1) is 0 Å². The molecule has 130 valence electrons. The summed E-state index contributed by atoms with van der Waals surface area (Å²) in [6.07, 6.45) is -0.250. The standard InChI is InChI=1S/C19H21N3O3/c1-3-20-17(23)12-25-14-10-8-13(9-11-14)18-21-19(24)15-6-4-5-7-16(15)22(18)2/h4-11,18H,3,12H2,1-2H3,(H,20,23)(H,21,24). The molecule has 2 N–H and O–H groups in total. The number of anilines is 1. The van der Waals surface area contributed by atoms with E-state index in [0.717, 1.165) is 11.3 Å². The van der Waals surface area contributed by atoms with Crippen LogP contribution in [0.25, 0.3) is 0 Å². The summed E-state index contributed by atoms with van der Waals surface area (Å²) in [7, 11) is 1.95. The molecule has 0 radical (unpaired) electrons. The summed E-state index contributed by atoms with van der Waals surface area (Å²) in [5, 5.41) is 5.69. The van der Waals surface area contributed by atoms with E-state index in [4.69, 9.17) is 4.74 Å². The van der Waals surface area contributed by atoms with E-state index in [9.17, 15) is 9.59 Å². The first kappa shape index (κ1) is 16.8. The number of hydrogen-bond acceptors (Lipinski definition) is 4. The predicted molar refractivity (Wildman–Crippen MR) is 95.7 cm³/mol.